The third-order valence-electron chi connectivity index (χ3n) is 12.1. The molecule has 1 fully saturated rings. The number of carbonyl (C=O) groups excluding carboxylic acids is 2. The van der Waals surface area contributed by atoms with Crippen LogP contribution in [0.2, 0.25) is 0 Å². The summed E-state index contributed by atoms with van der Waals surface area (Å²) in [6.07, 6.45) is 32.3. The van der Waals surface area contributed by atoms with Gasteiger partial charge in [-0.2, -0.15) is 4.89 Å². The molecule has 0 saturated carbocycles. The van der Waals surface area contributed by atoms with Crippen LogP contribution in [0.5, 0.6) is 0 Å². The maximum atomic E-state index is 13.3. The van der Waals surface area contributed by atoms with Gasteiger partial charge in [0.1, 0.15) is 6.10 Å². The van der Waals surface area contributed by atoms with Crippen LogP contribution < -0.4 is 0 Å². The van der Waals surface area contributed by atoms with E-state index in [9.17, 15) is 9.59 Å². The van der Waals surface area contributed by atoms with Gasteiger partial charge in [0.25, 0.3) is 0 Å². The summed E-state index contributed by atoms with van der Waals surface area (Å²) < 4.78 is 11.9. The molecule has 0 N–H and O–H groups in total. The minimum atomic E-state index is -1.18. The molecule has 0 aromatic rings. The molecule has 310 valence electrons. The number of ether oxygens (including phenoxy) is 2. The molecule has 5 atom stereocenters. The zero-order valence-electron chi connectivity index (χ0n) is 36.6. The maximum absolute atomic E-state index is 13.3. The van der Waals surface area contributed by atoms with Crippen molar-refractivity contribution in [1.29, 1.82) is 0 Å². The molecule has 0 spiro atoms. The Morgan fingerprint density at radius 1 is 0.796 bits per heavy atom. The lowest BCUT2D eigenvalue weighted by molar-refractivity contribution is -0.436. The first-order chi connectivity index (χ1) is 25.8. The number of rotatable bonds is 29. The summed E-state index contributed by atoms with van der Waals surface area (Å²) >= 11 is 0. The minimum absolute atomic E-state index is 0.0858. The number of esters is 1. The highest BCUT2D eigenvalue weighted by molar-refractivity contribution is 6.10. The Balaban J connectivity index is 2.02. The molecule has 2 unspecified atom stereocenters. The average Bonchev–Trinajstić information content (AvgIpc) is 3.13. The fraction of sp³-hybridized carbons (Fsp3) is 0.792. The van der Waals surface area contributed by atoms with E-state index in [1.807, 2.05) is 20.8 Å². The van der Waals surface area contributed by atoms with Gasteiger partial charge in [0.2, 0.25) is 5.79 Å². The molecule has 0 radical (unpaired) electrons. The monoisotopic (exact) mass is 755 g/mol. The zero-order valence-corrected chi connectivity index (χ0v) is 36.6. The third-order valence-corrected chi connectivity index (χ3v) is 12.1. The van der Waals surface area contributed by atoms with Crippen molar-refractivity contribution in [2.45, 2.75) is 221 Å². The van der Waals surface area contributed by atoms with Gasteiger partial charge in [-0.05, 0) is 96.0 Å². The van der Waals surface area contributed by atoms with Crippen molar-refractivity contribution < 1.29 is 28.8 Å². The first-order valence-corrected chi connectivity index (χ1v) is 22.2. The summed E-state index contributed by atoms with van der Waals surface area (Å²) in [5.41, 5.74) is 2.79. The van der Waals surface area contributed by atoms with Gasteiger partial charge in [0.15, 0.2) is 5.78 Å². The predicted octanol–water partition coefficient (Wildman–Crippen LogP) is 13.8. The minimum Gasteiger partial charge on any atom is -0.469 e. The van der Waals surface area contributed by atoms with Crippen molar-refractivity contribution in [3.63, 3.8) is 0 Å². The summed E-state index contributed by atoms with van der Waals surface area (Å²) in [5.74, 6) is 1.13. The van der Waals surface area contributed by atoms with Crippen LogP contribution in [0.15, 0.2) is 46.6 Å². The van der Waals surface area contributed by atoms with E-state index in [4.69, 9.17) is 19.2 Å². The van der Waals surface area contributed by atoms with E-state index in [1.165, 1.54) is 52.1 Å². The fourth-order valence-corrected chi connectivity index (χ4v) is 8.12. The van der Waals surface area contributed by atoms with Gasteiger partial charge in [-0.1, -0.05) is 149 Å². The Bertz CT molecular complexity index is 1230. The Hall–Kier alpha value is -2.02. The van der Waals surface area contributed by atoms with E-state index in [-0.39, 0.29) is 23.5 Å². The molecule has 0 bridgehead atoms. The number of hydrogen-bond acceptors (Lipinski definition) is 6. The normalized spacial score (nSPS) is 22.5. The zero-order chi connectivity index (χ0) is 40.0. The van der Waals surface area contributed by atoms with Crippen LogP contribution in [-0.4, -0.2) is 36.4 Å². The van der Waals surface area contributed by atoms with Crippen LogP contribution >= 0.6 is 0 Å². The Morgan fingerprint density at radius 2 is 1.44 bits per heavy atom. The molecule has 2 rings (SSSR count). The molecule has 0 aromatic carbocycles. The van der Waals surface area contributed by atoms with Crippen LogP contribution in [0.3, 0.4) is 0 Å². The number of unbranched alkanes of at least 4 members (excludes halogenated alkanes) is 7. The van der Waals surface area contributed by atoms with Crippen molar-refractivity contribution in [2.75, 3.05) is 7.11 Å². The third kappa shape index (κ3) is 17.0. The summed E-state index contributed by atoms with van der Waals surface area (Å²) in [5, 5.41) is 0. The van der Waals surface area contributed by atoms with E-state index in [0.29, 0.717) is 17.9 Å². The van der Waals surface area contributed by atoms with Gasteiger partial charge in [0.05, 0.1) is 12.7 Å². The molecule has 54 heavy (non-hydrogen) atoms. The van der Waals surface area contributed by atoms with E-state index >= 15 is 0 Å². The van der Waals surface area contributed by atoms with E-state index in [1.54, 1.807) is 0 Å². The molecule has 1 saturated heterocycles. The van der Waals surface area contributed by atoms with Gasteiger partial charge < -0.3 is 9.47 Å². The van der Waals surface area contributed by atoms with E-state index < -0.39 is 5.79 Å². The molecule has 1 aliphatic carbocycles. The van der Waals surface area contributed by atoms with E-state index in [2.05, 4.69) is 65.8 Å². The number of ketones is 1. The number of carbonyl (C=O) groups is 2. The smallest absolute Gasteiger partial charge is 0.305 e. The van der Waals surface area contributed by atoms with Crippen molar-refractivity contribution >= 4 is 11.8 Å². The van der Waals surface area contributed by atoms with Gasteiger partial charge in [0, 0.05) is 23.1 Å². The second-order valence-corrected chi connectivity index (χ2v) is 17.6. The average molecular weight is 755 g/mol. The van der Waals surface area contributed by atoms with E-state index in [0.717, 1.165) is 118 Å². The SMILES string of the molecule is CCCCCC(/C=C/C=C\CCCCCCCC(=O)OC)OOC12O[C@](C)(CCC[C@H](C)CCC[C@H](C)CCCC(C)C)CCC1=C(C)C(=O)C(C)=C2C. The first-order valence-electron chi connectivity index (χ1n) is 22.2. The molecule has 0 aromatic heterocycles. The Kier molecular flexibility index (Phi) is 23.2. The highest BCUT2D eigenvalue weighted by Crippen LogP contribution is 2.51. The number of methoxy groups -OCH3 is 1. The Morgan fingerprint density at radius 3 is 2.11 bits per heavy atom. The second kappa shape index (κ2) is 26.0. The maximum Gasteiger partial charge on any atom is 0.305 e. The molecule has 1 heterocycles. The molecule has 6 heteroatoms. The van der Waals surface area contributed by atoms with Gasteiger partial charge in [-0.15, -0.1) is 0 Å². The molecule has 1 aliphatic heterocycles. The molecular formula is C48H82O6. The largest absolute Gasteiger partial charge is 0.469 e. The molecule has 6 nitrogen and oxygen atoms in total. The van der Waals surface area contributed by atoms with Gasteiger partial charge in [-0.25, -0.2) is 4.89 Å². The first kappa shape index (κ1) is 48.1. The van der Waals surface area contributed by atoms with Crippen LogP contribution in [0.4, 0.5) is 0 Å². The summed E-state index contributed by atoms with van der Waals surface area (Å²) in [4.78, 5) is 37.5. The van der Waals surface area contributed by atoms with Crippen molar-refractivity contribution in [2.24, 2.45) is 17.8 Å². The molecule has 2 aliphatic rings. The van der Waals surface area contributed by atoms with Crippen LogP contribution in [0.1, 0.15) is 204 Å². The predicted molar refractivity (Wildman–Crippen MR) is 225 cm³/mol. The highest BCUT2D eigenvalue weighted by Gasteiger charge is 2.54. The Labute approximate surface area is 332 Å². The quantitative estimate of drug-likeness (QED) is 0.0249. The molecule has 0 amide bonds. The van der Waals surface area contributed by atoms with Crippen LogP contribution in [-0.2, 0) is 28.8 Å². The standard InChI is InChI=1S/C48H82O6/c1-11-12-20-31-43(32-21-18-16-14-13-15-17-19-22-33-45(49)51-10)52-54-48-42(8)40(6)46(50)41(7)44(48)34-36-47(9,53-48)35-25-30-39(5)29-24-28-38(4)27-23-26-37(2)3/h16,18,21,32,37-39,43H,11-15,17,19-20,22-31,33-36H2,1-10H3/b18-16-,32-21+/t38-,39-,43?,47-,48?/m1/s1. The highest BCUT2D eigenvalue weighted by atomic mass is 17.2. The lowest BCUT2D eigenvalue weighted by Crippen LogP contribution is -2.54. The lowest BCUT2D eigenvalue weighted by atomic mass is 9.75. The topological polar surface area (TPSA) is 71.1 Å². The van der Waals surface area contributed by atoms with Crippen LogP contribution in [0, 0.1) is 17.8 Å². The summed E-state index contributed by atoms with van der Waals surface area (Å²) in [6.45, 7) is 19.8. The van der Waals surface area contributed by atoms with Crippen molar-refractivity contribution in [1.82, 2.24) is 0 Å². The summed E-state index contributed by atoms with van der Waals surface area (Å²) in [7, 11) is 1.45. The number of hydrogen-bond donors (Lipinski definition) is 0. The second-order valence-electron chi connectivity index (χ2n) is 17.6. The molecular weight excluding hydrogens is 673 g/mol. The van der Waals surface area contributed by atoms with Crippen molar-refractivity contribution in [3.05, 3.63) is 46.6 Å². The van der Waals surface area contributed by atoms with Crippen molar-refractivity contribution in [3.8, 4) is 0 Å². The number of fused-ring (bicyclic) bond motifs is 1. The van der Waals surface area contributed by atoms with Gasteiger partial charge >= 0.3 is 5.97 Å². The number of Topliss-reactive ketones (excluding diaryl/α,β-unsaturated/α-hetero) is 1. The van der Waals surface area contributed by atoms with Crippen LogP contribution in [0.25, 0.3) is 0 Å². The fourth-order valence-electron chi connectivity index (χ4n) is 8.12. The summed E-state index contributed by atoms with van der Waals surface area (Å²) in [6, 6.07) is 0. The van der Waals surface area contributed by atoms with Gasteiger partial charge in [-0.3, -0.25) is 9.59 Å². The number of allylic oxidation sites excluding steroid dienone is 5. The lowest BCUT2D eigenvalue weighted by Gasteiger charge is -2.50.